The summed E-state index contributed by atoms with van der Waals surface area (Å²) in [6.45, 7) is 2.09. The molecule has 0 aromatic heterocycles. The van der Waals surface area contributed by atoms with E-state index in [1.165, 1.54) is 11.0 Å². The summed E-state index contributed by atoms with van der Waals surface area (Å²) in [6.07, 6.45) is 0. The van der Waals surface area contributed by atoms with E-state index in [1.54, 1.807) is 0 Å². The average Bonchev–Trinajstić information content (AvgIpc) is 2.13. The van der Waals surface area contributed by atoms with Crippen LogP contribution in [0.25, 0.3) is 0 Å². The summed E-state index contributed by atoms with van der Waals surface area (Å²) in [5.74, 6) is 0. The van der Waals surface area contributed by atoms with Crippen molar-refractivity contribution in [3.05, 3.63) is 0 Å². The molecule has 18 heavy (non-hydrogen) atoms. The number of hydrogen-bond donors (Lipinski definition) is 4. The van der Waals surface area contributed by atoms with E-state index in [2.05, 4.69) is 0 Å². The fraction of sp³-hybridized carbons (Fsp3) is 1.00. The SMILES string of the molecule is CC(NO)S(=O)(=O)[O-].CC(NO)S(=O)(=O)[O-].[Na+].[Na+]. The van der Waals surface area contributed by atoms with Crippen LogP contribution in [-0.2, 0) is 20.2 Å². The van der Waals surface area contributed by atoms with E-state index in [-0.39, 0.29) is 59.1 Å². The molecule has 0 radical (unpaired) electrons. The van der Waals surface area contributed by atoms with Gasteiger partial charge in [0.05, 0.1) is 0 Å². The molecule has 0 saturated heterocycles. The Kier molecular flexibility index (Phi) is 19.2. The minimum absolute atomic E-state index is 0. The number of nitrogens with one attached hydrogen (secondary N) is 2. The van der Waals surface area contributed by atoms with E-state index in [1.807, 2.05) is 0 Å². The summed E-state index contributed by atoms with van der Waals surface area (Å²) in [4.78, 5) is 0. The average molecular weight is 326 g/mol. The normalized spacial score (nSPS) is 14.1. The first-order valence-corrected chi connectivity index (χ1v) is 6.59. The summed E-state index contributed by atoms with van der Waals surface area (Å²) in [6, 6.07) is 0. The van der Waals surface area contributed by atoms with Crippen molar-refractivity contribution in [2.45, 2.75) is 24.6 Å². The molecule has 0 saturated carbocycles. The molecule has 10 nitrogen and oxygen atoms in total. The van der Waals surface area contributed by atoms with Crippen molar-refractivity contribution in [1.29, 1.82) is 0 Å². The maximum Gasteiger partial charge on any atom is 1.00 e. The second-order valence-corrected chi connectivity index (χ2v) is 5.91. The van der Waals surface area contributed by atoms with Gasteiger partial charge in [0.1, 0.15) is 31.0 Å². The van der Waals surface area contributed by atoms with E-state index in [4.69, 9.17) is 10.4 Å². The molecule has 0 aromatic carbocycles. The maximum atomic E-state index is 9.78. The van der Waals surface area contributed by atoms with Crippen molar-refractivity contribution >= 4 is 20.2 Å². The predicted octanol–water partition coefficient (Wildman–Crippen LogP) is -8.28. The quantitative estimate of drug-likeness (QED) is 0.220. The molecule has 0 aliphatic carbocycles. The Morgan fingerprint density at radius 3 is 1.00 bits per heavy atom. The molecule has 100 valence electrons. The van der Waals surface area contributed by atoms with Crippen LogP contribution in [0.1, 0.15) is 13.8 Å². The molecule has 0 aromatic rings. The Balaban J connectivity index is -0.0000000980. The first-order valence-electron chi connectivity index (χ1n) is 3.65. The van der Waals surface area contributed by atoms with Crippen LogP contribution in [0.15, 0.2) is 0 Å². The van der Waals surface area contributed by atoms with Crippen LogP contribution in [0.3, 0.4) is 0 Å². The van der Waals surface area contributed by atoms with Crippen LogP contribution in [0.5, 0.6) is 0 Å². The molecule has 0 aliphatic heterocycles. The first-order chi connectivity index (χ1) is 6.96. The Morgan fingerprint density at radius 1 is 0.833 bits per heavy atom. The van der Waals surface area contributed by atoms with Crippen LogP contribution < -0.4 is 70.1 Å². The van der Waals surface area contributed by atoms with Crippen LogP contribution >= 0.6 is 0 Å². The standard InChI is InChI=1S/2C2H7NO4S.2Na/c2*1-2(3-4)8(5,6)7;;/h2*2-4H,1H3,(H,5,6,7);;/q;;2*+1/p-2. The molecule has 2 unspecified atom stereocenters. The van der Waals surface area contributed by atoms with Gasteiger partial charge in [-0.25, -0.2) is 16.8 Å². The Bertz CT molecular complexity index is 346. The zero-order valence-corrected chi connectivity index (χ0v) is 15.9. The van der Waals surface area contributed by atoms with Gasteiger partial charge in [0.25, 0.3) is 0 Å². The molecule has 4 N–H and O–H groups in total. The van der Waals surface area contributed by atoms with Crippen molar-refractivity contribution in [3.8, 4) is 0 Å². The van der Waals surface area contributed by atoms with Crippen molar-refractivity contribution in [2.24, 2.45) is 0 Å². The zero-order valence-electron chi connectivity index (χ0n) is 10.3. The van der Waals surface area contributed by atoms with Gasteiger partial charge in [0.2, 0.25) is 0 Å². The largest absolute Gasteiger partial charge is 1.00 e. The van der Waals surface area contributed by atoms with Gasteiger partial charge in [0, 0.05) is 0 Å². The molecule has 2 atom stereocenters. The smallest absolute Gasteiger partial charge is 0.747 e. The van der Waals surface area contributed by atoms with Crippen LogP contribution in [0.2, 0.25) is 0 Å². The van der Waals surface area contributed by atoms with Gasteiger partial charge in [-0.15, -0.1) is 0 Å². The van der Waals surface area contributed by atoms with E-state index < -0.39 is 31.0 Å². The summed E-state index contributed by atoms with van der Waals surface area (Å²) in [7, 11) is -8.73. The first kappa shape index (κ1) is 27.9. The molecule has 0 aliphatic rings. The molecule has 0 amide bonds. The van der Waals surface area contributed by atoms with Gasteiger partial charge >= 0.3 is 59.1 Å². The second kappa shape index (κ2) is 12.4. The third-order valence-corrected chi connectivity index (χ3v) is 3.17. The Hall–Kier alpha value is 1.66. The summed E-state index contributed by atoms with van der Waals surface area (Å²) in [5.41, 5.74) is 2.61. The fourth-order valence-electron chi connectivity index (χ4n) is 0.129. The molecule has 0 rings (SSSR count). The van der Waals surface area contributed by atoms with Crippen LogP contribution in [0, 0.1) is 0 Å². The fourth-order valence-corrected chi connectivity index (χ4v) is 0.387. The zero-order chi connectivity index (χ0) is 13.6. The molecule has 0 spiro atoms. The molecular formula is C4H12N2Na2O8S2. The summed E-state index contributed by atoms with van der Waals surface area (Å²) < 4.78 is 58.7. The summed E-state index contributed by atoms with van der Waals surface area (Å²) >= 11 is 0. The van der Waals surface area contributed by atoms with Gasteiger partial charge < -0.3 is 19.5 Å². The topological polar surface area (TPSA) is 179 Å². The predicted molar refractivity (Wildman–Crippen MR) is 48.2 cm³/mol. The molecule has 0 bridgehead atoms. The van der Waals surface area contributed by atoms with Gasteiger partial charge in [-0.3, -0.25) is 0 Å². The van der Waals surface area contributed by atoms with Crippen molar-refractivity contribution in [1.82, 2.24) is 11.0 Å². The van der Waals surface area contributed by atoms with Crippen molar-refractivity contribution in [3.63, 3.8) is 0 Å². The Morgan fingerprint density at radius 2 is 1.00 bits per heavy atom. The Labute approximate surface area is 150 Å². The molecule has 14 heteroatoms. The van der Waals surface area contributed by atoms with Gasteiger partial charge in [-0.05, 0) is 13.8 Å². The second-order valence-electron chi connectivity index (χ2n) is 2.53. The van der Waals surface area contributed by atoms with E-state index >= 15 is 0 Å². The number of hydrogen-bond acceptors (Lipinski definition) is 10. The van der Waals surface area contributed by atoms with E-state index in [0.717, 1.165) is 13.8 Å². The van der Waals surface area contributed by atoms with Gasteiger partial charge in [-0.2, -0.15) is 11.0 Å². The molecular weight excluding hydrogens is 314 g/mol. The van der Waals surface area contributed by atoms with Crippen LogP contribution in [0.4, 0.5) is 0 Å². The third-order valence-electron chi connectivity index (χ3n) is 1.23. The minimum Gasteiger partial charge on any atom is -0.747 e. The number of rotatable bonds is 4. The van der Waals surface area contributed by atoms with Gasteiger partial charge in [-0.1, -0.05) is 0 Å². The van der Waals surface area contributed by atoms with Crippen molar-refractivity contribution in [2.75, 3.05) is 0 Å². The van der Waals surface area contributed by atoms with E-state index in [9.17, 15) is 25.9 Å². The van der Waals surface area contributed by atoms with Gasteiger partial charge in [0.15, 0.2) is 0 Å². The summed E-state index contributed by atoms with van der Waals surface area (Å²) in [5, 5.41) is 12.8. The maximum absolute atomic E-state index is 9.78. The third kappa shape index (κ3) is 15.7. The minimum atomic E-state index is -4.36. The molecule has 0 fully saturated rings. The van der Waals surface area contributed by atoms with Crippen molar-refractivity contribution < 1.29 is 95.5 Å². The molecule has 0 heterocycles. The van der Waals surface area contributed by atoms with E-state index in [0.29, 0.717) is 0 Å². The monoisotopic (exact) mass is 326 g/mol. The number of hydroxylamine groups is 2. The van der Waals surface area contributed by atoms with Crippen LogP contribution in [-0.4, -0.2) is 47.1 Å².